The average molecular weight is 575 g/mol. The summed E-state index contributed by atoms with van der Waals surface area (Å²) in [6.07, 6.45) is 0. The van der Waals surface area contributed by atoms with Crippen LogP contribution in [0.15, 0.2) is 150 Å². The molecule has 0 fully saturated rings. The van der Waals surface area contributed by atoms with Gasteiger partial charge in [0.15, 0.2) is 17.5 Å². The summed E-state index contributed by atoms with van der Waals surface area (Å²) in [4.78, 5) is 13.6. The number of hydrogen-bond donors (Lipinski definition) is 0. The molecule has 0 saturated carbocycles. The molecule has 0 saturated heterocycles. The molecule has 3 heterocycles. The van der Waals surface area contributed by atoms with Crippen LogP contribution in [0.2, 0.25) is 0 Å². The molecule has 0 aliphatic heterocycles. The monoisotopic (exact) mass is 574 g/mol. The number of rotatable bonds is 4. The van der Waals surface area contributed by atoms with Crippen molar-refractivity contribution in [2.24, 2.45) is 0 Å². The molecule has 5 heteroatoms. The highest BCUT2D eigenvalue weighted by Crippen LogP contribution is 2.38. The summed E-state index contributed by atoms with van der Waals surface area (Å²) in [5, 5.41) is 4.01. The van der Waals surface area contributed by atoms with Crippen LogP contribution in [-0.4, -0.2) is 19.5 Å². The zero-order chi connectivity index (χ0) is 37.7. The minimum atomic E-state index is -0.607. The van der Waals surface area contributed by atoms with Gasteiger partial charge in [-0.3, -0.25) is 0 Å². The predicted octanol–water partition coefficient (Wildman–Crippen LogP) is 9.87. The number of hydrogen-bond acceptors (Lipinski definition) is 4. The Morgan fingerprint density at radius 2 is 1.11 bits per heavy atom. The highest BCUT2D eigenvalue weighted by atomic mass is 16.3. The number of benzene rings is 6. The quantitative estimate of drug-likeness (QED) is 0.210. The van der Waals surface area contributed by atoms with Crippen LogP contribution in [-0.2, 0) is 0 Å². The Hall–Kier alpha value is -6.07. The molecule has 0 atom stereocenters. The van der Waals surface area contributed by atoms with E-state index in [0.29, 0.717) is 16.8 Å². The third kappa shape index (κ3) is 3.91. The Bertz CT molecular complexity index is 2940. The predicted molar refractivity (Wildman–Crippen MR) is 178 cm³/mol. The van der Waals surface area contributed by atoms with Crippen molar-refractivity contribution in [3.8, 4) is 39.9 Å². The normalized spacial score (nSPS) is 14.8. The van der Waals surface area contributed by atoms with Crippen molar-refractivity contribution in [3.05, 3.63) is 145 Å². The van der Waals surface area contributed by atoms with Crippen LogP contribution in [0.5, 0.6) is 0 Å². The first-order valence-electron chi connectivity index (χ1n) is 18.8. The molecule has 9 rings (SSSR count). The van der Waals surface area contributed by atoms with Gasteiger partial charge in [0, 0.05) is 50.0 Å². The molecule has 5 nitrogen and oxygen atoms in total. The van der Waals surface area contributed by atoms with Gasteiger partial charge in [-0.25, -0.2) is 15.0 Å². The van der Waals surface area contributed by atoms with Crippen molar-refractivity contribution in [1.29, 1.82) is 0 Å². The van der Waals surface area contributed by atoms with Crippen LogP contribution in [0.1, 0.15) is 13.7 Å². The Morgan fingerprint density at radius 3 is 1.84 bits per heavy atom. The van der Waals surface area contributed by atoms with E-state index in [0.717, 1.165) is 38.2 Å². The van der Waals surface area contributed by atoms with Crippen LogP contribution in [0.4, 0.5) is 0 Å². The fourth-order valence-corrected chi connectivity index (χ4v) is 5.70. The lowest BCUT2D eigenvalue weighted by molar-refractivity contribution is 0.669. The van der Waals surface area contributed by atoms with Gasteiger partial charge in [0.25, 0.3) is 0 Å². The molecule has 44 heavy (non-hydrogen) atoms. The van der Waals surface area contributed by atoms with E-state index in [9.17, 15) is 0 Å². The molecule has 0 amide bonds. The molecule has 3 aromatic heterocycles. The largest absolute Gasteiger partial charge is 0.456 e. The lowest BCUT2D eigenvalue weighted by Gasteiger charge is -2.11. The lowest BCUT2D eigenvalue weighted by atomic mass is 10.1. The highest BCUT2D eigenvalue weighted by molar-refractivity contribution is 6.17. The molecule has 0 bridgehead atoms. The van der Waals surface area contributed by atoms with Gasteiger partial charge in [-0.2, -0.15) is 0 Å². The minimum absolute atomic E-state index is 0.0177. The van der Waals surface area contributed by atoms with Gasteiger partial charge in [0.05, 0.1) is 24.7 Å². The van der Waals surface area contributed by atoms with E-state index in [1.165, 1.54) is 0 Å². The van der Waals surface area contributed by atoms with E-state index in [2.05, 4.69) is 31.7 Å². The summed E-state index contributed by atoms with van der Waals surface area (Å²) < 4.78 is 92.1. The molecular formula is C39H24N4O. The Morgan fingerprint density at radius 1 is 0.477 bits per heavy atom. The van der Waals surface area contributed by atoms with Crippen LogP contribution in [0, 0.1) is 0 Å². The molecule has 0 radical (unpaired) electrons. The summed E-state index contributed by atoms with van der Waals surface area (Å²) in [7, 11) is 0. The van der Waals surface area contributed by atoms with Gasteiger partial charge < -0.3 is 8.98 Å². The molecule has 206 valence electrons. The molecule has 0 aliphatic rings. The third-order valence-corrected chi connectivity index (χ3v) is 7.62. The molecule has 0 unspecified atom stereocenters. The highest BCUT2D eigenvalue weighted by Gasteiger charge is 2.18. The van der Waals surface area contributed by atoms with Crippen molar-refractivity contribution in [2.45, 2.75) is 0 Å². The standard InChI is InChI=1S/C39H24N4O/c1-3-12-25(13-4-1)37-40-38(26-14-5-2-6-15-26)42-39(41-37)27-16-11-17-28(22-27)43-33-20-9-7-18-29(33)31-23-32-30-19-8-10-21-35(30)44-36(32)24-34(31)43/h1-24H/i1D,2D,3D,4D,5D,6D,12D,13D,14D,15D. The van der Waals surface area contributed by atoms with Gasteiger partial charge in [0.2, 0.25) is 0 Å². The van der Waals surface area contributed by atoms with E-state index in [-0.39, 0.29) is 28.6 Å². The number of nitrogens with zero attached hydrogens (tertiary/aromatic N) is 4. The zero-order valence-electron chi connectivity index (χ0n) is 32.8. The molecule has 0 spiro atoms. The molecule has 9 aromatic rings. The van der Waals surface area contributed by atoms with Crippen LogP contribution >= 0.6 is 0 Å². The third-order valence-electron chi connectivity index (χ3n) is 7.62. The maximum Gasteiger partial charge on any atom is 0.164 e. The summed E-state index contributed by atoms with van der Waals surface area (Å²) >= 11 is 0. The zero-order valence-corrected chi connectivity index (χ0v) is 22.8. The second-order valence-electron chi connectivity index (χ2n) is 10.2. The summed E-state index contributed by atoms with van der Waals surface area (Å²) in [5.74, 6) is -0.669. The van der Waals surface area contributed by atoms with Gasteiger partial charge in [0.1, 0.15) is 11.2 Å². The van der Waals surface area contributed by atoms with Crippen molar-refractivity contribution in [1.82, 2.24) is 19.5 Å². The SMILES string of the molecule is [2H]c1c([2H])c([2H])c(-c2nc(-c3cccc(-n4c5ccccc5c5cc6c(cc54)oc4ccccc46)c3)nc(-c3c([2H])c([2H])c([2H])c([2H])c3[2H])n2)c([2H])c1[2H]. The van der Waals surface area contributed by atoms with Crippen molar-refractivity contribution in [2.75, 3.05) is 0 Å². The topological polar surface area (TPSA) is 56.7 Å². The first-order valence-corrected chi connectivity index (χ1v) is 13.8. The molecular weight excluding hydrogens is 540 g/mol. The second kappa shape index (κ2) is 9.75. The van der Waals surface area contributed by atoms with Crippen molar-refractivity contribution >= 4 is 43.7 Å². The molecule has 0 aliphatic carbocycles. The van der Waals surface area contributed by atoms with Gasteiger partial charge >= 0.3 is 0 Å². The summed E-state index contributed by atoms with van der Waals surface area (Å²) in [5.41, 5.74) is 3.76. The maximum atomic E-state index is 8.64. The van der Waals surface area contributed by atoms with Crippen LogP contribution in [0.3, 0.4) is 0 Å². The first-order chi connectivity index (χ1) is 25.9. The Labute approximate surface area is 266 Å². The minimum Gasteiger partial charge on any atom is -0.456 e. The second-order valence-corrected chi connectivity index (χ2v) is 10.2. The van der Waals surface area contributed by atoms with E-state index in [1.54, 1.807) is 12.1 Å². The smallest absolute Gasteiger partial charge is 0.164 e. The molecule has 6 aromatic carbocycles. The van der Waals surface area contributed by atoms with Crippen LogP contribution in [0.25, 0.3) is 83.6 Å². The Balaban J connectivity index is 1.31. The number of furan rings is 1. The van der Waals surface area contributed by atoms with Gasteiger partial charge in [-0.15, -0.1) is 0 Å². The van der Waals surface area contributed by atoms with Crippen molar-refractivity contribution in [3.63, 3.8) is 0 Å². The van der Waals surface area contributed by atoms with Gasteiger partial charge in [-0.05, 0) is 30.3 Å². The number of fused-ring (bicyclic) bond motifs is 6. The van der Waals surface area contributed by atoms with E-state index >= 15 is 0 Å². The van der Waals surface area contributed by atoms with E-state index < -0.39 is 60.4 Å². The number of aromatic nitrogens is 4. The van der Waals surface area contributed by atoms with Crippen LogP contribution < -0.4 is 0 Å². The fourth-order valence-electron chi connectivity index (χ4n) is 5.70. The average Bonchev–Trinajstić information content (AvgIpc) is 3.71. The summed E-state index contributed by atoms with van der Waals surface area (Å²) in [6.45, 7) is 0. The molecule has 0 N–H and O–H groups in total. The van der Waals surface area contributed by atoms with E-state index in [1.807, 2.05) is 60.7 Å². The van der Waals surface area contributed by atoms with Gasteiger partial charge in [-0.1, -0.05) is 109 Å². The number of para-hydroxylation sites is 2. The van der Waals surface area contributed by atoms with Crippen molar-refractivity contribution < 1.29 is 18.1 Å². The summed E-state index contributed by atoms with van der Waals surface area (Å²) in [6, 6.07) is 21.3. The maximum absolute atomic E-state index is 8.64. The first kappa shape index (κ1) is 16.5. The Kier molecular flexibility index (Phi) is 3.66. The fraction of sp³-hybridized carbons (Fsp3) is 0. The lowest BCUT2D eigenvalue weighted by Crippen LogP contribution is -2.01. The van der Waals surface area contributed by atoms with E-state index in [4.69, 9.17) is 18.1 Å².